The van der Waals surface area contributed by atoms with Crippen LogP contribution in [0.15, 0.2) is 54.9 Å². The zero-order valence-electron chi connectivity index (χ0n) is 18.9. The Morgan fingerprint density at radius 2 is 1.97 bits per heavy atom. The Hall–Kier alpha value is -4.77. The first-order valence-electron chi connectivity index (χ1n) is 10.7. The Bertz CT molecular complexity index is 1660. The Labute approximate surface area is 195 Å². The number of amides is 1. The predicted octanol–water partition coefficient (Wildman–Crippen LogP) is 4.04. The summed E-state index contributed by atoms with van der Waals surface area (Å²) in [7, 11) is 1.55. The number of imidazole rings is 1. The van der Waals surface area contributed by atoms with E-state index in [-0.39, 0.29) is 17.4 Å². The van der Waals surface area contributed by atoms with Gasteiger partial charge in [0.05, 0.1) is 28.5 Å². The molecule has 0 aliphatic heterocycles. The molecule has 1 amide bonds. The Kier molecular flexibility index (Phi) is 4.95. The molecule has 3 N–H and O–H groups in total. The van der Waals surface area contributed by atoms with E-state index < -0.39 is 0 Å². The molecule has 0 bridgehead atoms. The number of nitrogen functional groups attached to an aromatic ring is 1. The van der Waals surface area contributed by atoms with Gasteiger partial charge in [0.25, 0.3) is 5.91 Å². The summed E-state index contributed by atoms with van der Waals surface area (Å²) < 4.78 is 1.80. The van der Waals surface area contributed by atoms with E-state index in [1.807, 2.05) is 44.2 Å². The van der Waals surface area contributed by atoms with Crippen LogP contribution in [0.1, 0.15) is 27.2 Å². The summed E-state index contributed by atoms with van der Waals surface area (Å²) in [5.41, 5.74) is 13.2. The van der Waals surface area contributed by atoms with Gasteiger partial charge in [-0.15, -0.1) is 0 Å². The topological polar surface area (TPSA) is 122 Å². The van der Waals surface area contributed by atoms with Gasteiger partial charge in [0, 0.05) is 36.0 Å². The van der Waals surface area contributed by atoms with Gasteiger partial charge in [0.15, 0.2) is 11.5 Å². The molecule has 34 heavy (non-hydrogen) atoms. The number of carbonyl (C=O) groups is 1. The van der Waals surface area contributed by atoms with E-state index in [9.17, 15) is 10.1 Å². The molecule has 0 aliphatic carbocycles. The lowest BCUT2D eigenvalue weighted by Crippen LogP contribution is -2.17. The lowest BCUT2D eigenvalue weighted by molar-refractivity contribution is 0.0959. The van der Waals surface area contributed by atoms with Crippen molar-refractivity contribution in [3.8, 4) is 28.6 Å². The Balaban J connectivity index is 1.92. The largest absolute Gasteiger partial charge is 0.381 e. The number of pyridine rings is 1. The van der Waals surface area contributed by atoms with Gasteiger partial charge in [-0.05, 0) is 49.2 Å². The van der Waals surface area contributed by atoms with Crippen LogP contribution in [-0.2, 0) is 0 Å². The van der Waals surface area contributed by atoms with Crippen molar-refractivity contribution in [2.75, 3.05) is 12.8 Å². The van der Waals surface area contributed by atoms with Crippen LogP contribution in [0.4, 0.5) is 5.82 Å². The van der Waals surface area contributed by atoms with Gasteiger partial charge >= 0.3 is 0 Å². The highest BCUT2D eigenvalue weighted by Gasteiger charge is 2.22. The van der Waals surface area contributed by atoms with E-state index in [1.54, 1.807) is 29.9 Å². The van der Waals surface area contributed by atoms with Crippen LogP contribution in [0.25, 0.3) is 39.1 Å². The van der Waals surface area contributed by atoms with E-state index >= 15 is 0 Å². The number of fused-ring (bicyclic) bond motifs is 2. The van der Waals surface area contributed by atoms with Crippen molar-refractivity contribution in [1.29, 1.82) is 5.26 Å². The predicted molar refractivity (Wildman–Crippen MR) is 131 cm³/mol. The minimum atomic E-state index is -0.322. The second kappa shape index (κ2) is 7.98. The van der Waals surface area contributed by atoms with Crippen LogP contribution < -0.4 is 11.1 Å². The Morgan fingerprint density at radius 1 is 1.15 bits per heavy atom. The number of hydrogen-bond donors (Lipinski definition) is 2. The van der Waals surface area contributed by atoms with Crippen LogP contribution in [0.5, 0.6) is 0 Å². The van der Waals surface area contributed by atoms with E-state index in [0.717, 1.165) is 38.9 Å². The number of nitrogens with two attached hydrogens (primary N) is 1. The number of aryl methyl sites for hydroxylation is 1. The third-order valence-corrected chi connectivity index (χ3v) is 6.03. The van der Waals surface area contributed by atoms with E-state index in [0.29, 0.717) is 16.9 Å². The number of hydrogen-bond acceptors (Lipinski definition) is 6. The molecule has 0 spiro atoms. The van der Waals surface area contributed by atoms with E-state index in [1.165, 1.54) is 0 Å². The first-order valence-corrected chi connectivity index (χ1v) is 10.7. The maximum absolute atomic E-state index is 12.4. The molecule has 5 rings (SSSR count). The normalized spacial score (nSPS) is 11.0. The number of nitriles is 1. The average molecular weight is 448 g/mol. The van der Waals surface area contributed by atoms with Crippen molar-refractivity contribution in [2.45, 2.75) is 13.8 Å². The molecular formula is C26H21N7O. The summed E-state index contributed by atoms with van der Waals surface area (Å²) in [6.07, 6.45) is 3.45. The fraction of sp³-hybridized carbons (Fsp3) is 0.115. The molecule has 0 saturated carbocycles. The molecule has 0 unspecified atom stereocenters. The molecular weight excluding hydrogens is 426 g/mol. The number of carbonyl (C=O) groups excluding carboxylic acids is 1. The number of rotatable bonds is 3. The summed E-state index contributed by atoms with van der Waals surface area (Å²) in [5, 5.41) is 13.2. The van der Waals surface area contributed by atoms with E-state index in [2.05, 4.69) is 27.4 Å². The first kappa shape index (κ1) is 21.1. The van der Waals surface area contributed by atoms with Crippen molar-refractivity contribution in [3.05, 3.63) is 77.2 Å². The van der Waals surface area contributed by atoms with Crippen LogP contribution >= 0.6 is 0 Å². The van der Waals surface area contributed by atoms with Crippen LogP contribution in [-0.4, -0.2) is 32.3 Å². The van der Waals surface area contributed by atoms with Gasteiger partial charge in [0.2, 0.25) is 0 Å². The number of anilines is 1. The lowest BCUT2D eigenvalue weighted by atomic mass is 9.96. The maximum Gasteiger partial charge on any atom is 0.271 e. The van der Waals surface area contributed by atoms with Crippen molar-refractivity contribution < 1.29 is 4.79 Å². The zero-order chi connectivity index (χ0) is 24.0. The molecule has 0 saturated heterocycles. The molecule has 0 radical (unpaired) electrons. The summed E-state index contributed by atoms with van der Waals surface area (Å²) in [5.74, 6) is -0.133. The third kappa shape index (κ3) is 3.22. The summed E-state index contributed by atoms with van der Waals surface area (Å²) in [4.78, 5) is 26.0. The summed E-state index contributed by atoms with van der Waals surface area (Å²) in [6, 6.07) is 15.7. The van der Waals surface area contributed by atoms with Crippen molar-refractivity contribution in [2.24, 2.45) is 0 Å². The van der Waals surface area contributed by atoms with Gasteiger partial charge in [-0.2, -0.15) is 5.26 Å². The highest BCUT2D eigenvalue weighted by Crippen LogP contribution is 2.37. The van der Waals surface area contributed by atoms with Gasteiger partial charge in [-0.25, -0.2) is 9.97 Å². The monoisotopic (exact) mass is 447 g/mol. The molecule has 166 valence electrons. The van der Waals surface area contributed by atoms with Gasteiger partial charge < -0.3 is 11.1 Å². The van der Waals surface area contributed by atoms with Gasteiger partial charge in [-0.1, -0.05) is 18.2 Å². The molecule has 3 heterocycles. The second-order valence-corrected chi connectivity index (χ2v) is 8.04. The average Bonchev–Trinajstić information content (AvgIpc) is 3.30. The molecule has 8 heteroatoms. The smallest absolute Gasteiger partial charge is 0.271 e. The fourth-order valence-corrected chi connectivity index (χ4v) is 4.21. The van der Waals surface area contributed by atoms with Crippen molar-refractivity contribution in [3.63, 3.8) is 0 Å². The number of benzene rings is 2. The highest BCUT2D eigenvalue weighted by molar-refractivity contribution is 5.95. The van der Waals surface area contributed by atoms with E-state index in [4.69, 9.17) is 10.7 Å². The molecule has 5 aromatic rings. The second-order valence-electron chi connectivity index (χ2n) is 8.04. The minimum absolute atomic E-state index is 0.189. The number of nitrogens with one attached hydrogen (secondary N) is 1. The van der Waals surface area contributed by atoms with Crippen LogP contribution in [0, 0.1) is 25.2 Å². The number of aromatic nitrogens is 4. The fourth-order valence-electron chi connectivity index (χ4n) is 4.21. The van der Waals surface area contributed by atoms with Gasteiger partial charge in [-0.3, -0.25) is 14.2 Å². The lowest BCUT2D eigenvalue weighted by Gasteiger charge is -2.16. The number of nitrogens with zero attached hydrogens (tertiary/aromatic N) is 5. The molecule has 0 aliphatic rings. The molecule has 3 aromatic heterocycles. The highest BCUT2D eigenvalue weighted by atomic mass is 16.1. The molecule has 8 nitrogen and oxygen atoms in total. The van der Waals surface area contributed by atoms with Gasteiger partial charge in [0.1, 0.15) is 5.69 Å². The minimum Gasteiger partial charge on any atom is -0.381 e. The third-order valence-electron chi connectivity index (χ3n) is 6.03. The first-order chi connectivity index (χ1) is 16.4. The molecule has 0 atom stereocenters. The Morgan fingerprint density at radius 3 is 2.74 bits per heavy atom. The zero-order valence-corrected chi connectivity index (χ0v) is 18.9. The standard InChI is InChI=1S/C26H21N7O/c1-14-9-10-30-20-8-7-16(11-19(14)20)23-22(18-6-4-5-17(12-27)15(18)2)32-24(28)25-31-21(13-33(23)25)26(34)29-3/h4-11,13H,1-3H3,(H2,28,32)(H,29,34). The SMILES string of the molecule is CNC(=O)c1cn2c(-c3ccc4nccc(C)c4c3)c(-c3cccc(C#N)c3C)nc(N)c2n1. The quantitative estimate of drug-likeness (QED) is 0.430. The molecule has 0 fully saturated rings. The van der Waals surface area contributed by atoms with Crippen LogP contribution in [0.2, 0.25) is 0 Å². The summed E-state index contributed by atoms with van der Waals surface area (Å²) >= 11 is 0. The van der Waals surface area contributed by atoms with Crippen molar-refractivity contribution >= 4 is 28.3 Å². The molecule has 2 aromatic carbocycles. The summed E-state index contributed by atoms with van der Waals surface area (Å²) in [6.45, 7) is 3.92. The van der Waals surface area contributed by atoms with Crippen molar-refractivity contribution in [1.82, 2.24) is 24.7 Å². The van der Waals surface area contributed by atoms with Crippen LogP contribution in [0.3, 0.4) is 0 Å². The maximum atomic E-state index is 12.4.